The lowest BCUT2D eigenvalue weighted by Crippen LogP contribution is -2.23. The summed E-state index contributed by atoms with van der Waals surface area (Å²) >= 11 is 5.87. The number of aromatic nitrogens is 2. The van der Waals surface area contributed by atoms with E-state index in [1.54, 1.807) is 12.1 Å². The lowest BCUT2D eigenvalue weighted by molar-refractivity contribution is 0.0946. The van der Waals surface area contributed by atoms with Gasteiger partial charge in [-0.3, -0.25) is 4.79 Å². The quantitative estimate of drug-likeness (QED) is 0.728. The molecule has 3 aromatic rings. The zero-order valence-corrected chi connectivity index (χ0v) is 15.7. The first-order valence-corrected chi connectivity index (χ1v) is 8.68. The maximum atomic E-state index is 12.3. The van der Waals surface area contributed by atoms with E-state index in [0.29, 0.717) is 22.3 Å². The highest BCUT2D eigenvalue weighted by molar-refractivity contribution is 6.30. The number of carbonyl (C=O) groups is 1. The van der Waals surface area contributed by atoms with Crippen LogP contribution < -0.4 is 5.32 Å². The van der Waals surface area contributed by atoms with E-state index in [2.05, 4.69) is 36.2 Å². The Balaban J connectivity index is 1.62. The zero-order chi connectivity index (χ0) is 18.7. The van der Waals surface area contributed by atoms with Crippen molar-refractivity contribution < 1.29 is 9.32 Å². The van der Waals surface area contributed by atoms with Gasteiger partial charge in [-0.15, -0.1) is 0 Å². The van der Waals surface area contributed by atoms with Crippen LogP contribution in [0.4, 0.5) is 0 Å². The summed E-state index contributed by atoms with van der Waals surface area (Å²) in [5.41, 5.74) is 2.62. The molecule has 0 spiro atoms. The molecule has 1 N–H and O–H groups in total. The summed E-state index contributed by atoms with van der Waals surface area (Å²) in [6.45, 7) is 6.57. The van der Waals surface area contributed by atoms with Crippen molar-refractivity contribution in [2.24, 2.45) is 0 Å². The van der Waals surface area contributed by atoms with Crippen LogP contribution in [0.25, 0.3) is 11.4 Å². The van der Waals surface area contributed by atoms with Crippen LogP contribution >= 0.6 is 11.6 Å². The van der Waals surface area contributed by atoms with Crippen LogP contribution in [0.2, 0.25) is 5.02 Å². The molecular formula is C20H20ClN3O2. The van der Waals surface area contributed by atoms with Crippen LogP contribution in [-0.4, -0.2) is 16.0 Å². The van der Waals surface area contributed by atoms with Crippen LogP contribution in [0.1, 0.15) is 42.6 Å². The number of hydrogen-bond acceptors (Lipinski definition) is 4. The van der Waals surface area contributed by atoms with Crippen molar-refractivity contribution in [3.63, 3.8) is 0 Å². The van der Waals surface area contributed by atoms with E-state index in [4.69, 9.17) is 16.1 Å². The maximum absolute atomic E-state index is 12.3. The predicted molar refractivity (Wildman–Crippen MR) is 101 cm³/mol. The summed E-state index contributed by atoms with van der Waals surface area (Å²) in [6, 6.07) is 14.7. The molecule has 6 heteroatoms. The number of carbonyl (C=O) groups excluding carboxylic acids is 1. The molecule has 134 valence electrons. The fourth-order valence-electron chi connectivity index (χ4n) is 2.42. The van der Waals surface area contributed by atoms with Crippen LogP contribution in [0.15, 0.2) is 53.1 Å². The number of hydrogen-bond donors (Lipinski definition) is 1. The minimum Gasteiger partial charge on any atom is -0.343 e. The fraction of sp³-hybridized carbons (Fsp3) is 0.250. The normalized spacial score (nSPS) is 11.4. The Hall–Kier alpha value is -2.66. The lowest BCUT2D eigenvalue weighted by atomic mass is 9.87. The molecule has 1 aromatic heterocycles. The number of benzene rings is 2. The van der Waals surface area contributed by atoms with Crippen LogP contribution in [-0.2, 0) is 12.0 Å². The standard InChI is InChI=1S/C20H20ClN3O2/c1-20(2,3)15-8-4-14(5-9-15)19(25)22-12-17-23-18(24-26-17)13-6-10-16(21)11-7-13/h4-11H,12H2,1-3H3,(H,22,25). The lowest BCUT2D eigenvalue weighted by Gasteiger charge is -2.18. The Bertz CT molecular complexity index is 894. The Morgan fingerprint density at radius 2 is 1.73 bits per heavy atom. The molecule has 0 saturated heterocycles. The van der Waals surface area contributed by atoms with Gasteiger partial charge in [0.1, 0.15) is 0 Å². The van der Waals surface area contributed by atoms with Crippen molar-refractivity contribution in [1.82, 2.24) is 15.5 Å². The summed E-state index contributed by atoms with van der Waals surface area (Å²) < 4.78 is 5.19. The summed E-state index contributed by atoms with van der Waals surface area (Å²) in [7, 11) is 0. The molecule has 0 bridgehead atoms. The second kappa shape index (κ2) is 7.30. The number of nitrogens with one attached hydrogen (secondary N) is 1. The minimum atomic E-state index is -0.184. The number of amides is 1. The first-order chi connectivity index (χ1) is 12.3. The van der Waals surface area contributed by atoms with E-state index in [1.807, 2.05) is 36.4 Å². The molecule has 0 fully saturated rings. The molecular weight excluding hydrogens is 350 g/mol. The average molecular weight is 370 g/mol. The highest BCUT2D eigenvalue weighted by Gasteiger charge is 2.15. The Labute approximate surface area is 157 Å². The highest BCUT2D eigenvalue weighted by atomic mass is 35.5. The van der Waals surface area contributed by atoms with Crippen molar-refractivity contribution in [2.45, 2.75) is 32.7 Å². The van der Waals surface area contributed by atoms with Gasteiger partial charge in [0.2, 0.25) is 11.7 Å². The van der Waals surface area contributed by atoms with Crippen molar-refractivity contribution in [3.8, 4) is 11.4 Å². The molecule has 5 nitrogen and oxygen atoms in total. The van der Waals surface area contributed by atoms with E-state index >= 15 is 0 Å². The molecule has 2 aromatic carbocycles. The van der Waals surface area contributed by atoms with Gasteiger partial charge in [0.05, 0.1) is 6.54 Å². The molecule has 0 aliphatic carbocycles. The molecule has 0 atom stereocenters. The third kappa shape index (κ3) is 4.29. The number of nitrogens with zero attached hydrogens (tertiary/aromatic N) is 2. The third-order valence-corrected chi connectivity index (χ3v) is 4.24. The molecule has 1 heterocycles. The Morgan fingerprint density at radius 3 is 2.35 bits per heavy atom. The average Bonchev–Trinajstić information content (AvgIpc) is 3.08. The Morgan fingerprint density at radius 1 is 1.08 bits per heavy atom. The second-order valence-electron chi connectivity index (χ2n) is 7.03. The molecule has 0 unspecified atom stereocenters. The zero-order valence-electron chi connectivity index (χ0n) is 14.9. The summed E-state index contributed by atoms with van der Waals surface area (Å²) in [6.07, 6.45) is 0. The molecule has 0 radical (unpaired) electrons. The Kier molecular flexibility index (Phi) is 5.09. The SMILES string of the molecule is CC(C)(C)c1ccc(C(=O)NCc2nc(-c3ccc(Cl)cc3)no2)cc1. The molecule has 0 saturated carbocycles. The topological polar surface area (TPSA) is 68.0 Å². The van der Waals surface area contributed by atoms with Gasteiger partial charge >= 0.3 is 0 Å². The monoisotopic (exact) mass is 369 g/mol. The van der Waals surface area contributed by atoms with Crippen LogP contribution in [0.3, 0.4) is 0 Å². The molecule has 26 heavy (non-hydrogen) atoms. The summed E-state index contributed by atoms with van der Waals surface area (Å²) in [5.74, 6) is 0.617. The number of halogens is 1. The minimum absolute atomic E-state index is 0.0524. The van der Waals surface area contributed by atoms with Crippen LogP contribution in [0.5, 0.6) is 0 Å². The van der Waals surface area contributed by atoms with Gasteiger partial charge in [-0.2, -0.15) is 4.98 Å². The van der Waals surface area contributed by atoms with E-state index in [1.165, 1.54) is 5.56 Å². The van der Waals surface area contributed by atoms with E-state index in [0.717, 1.165) is 5.56 Å². The van der Waals surface area contributed by atoms with Crippen LogP contribution in [0, 0.1) is 0 Å². The van der Waals surface area contributed by atoms with E-state index in [-0.39, 0.29) is 17.9 Å². The number of rotatable bonds is 4. The predicted octanol–water partition coefficient (Wildman–Crippen LogP) is 4.62. The first kappa shape index (κ1) is 18.1. The van der Waals surface area contributed by atoms with E-state index < -0.39 is 0 Å². The third-order valence-electron chi connectivity index (χ3n) is 3.98. The smallest absolute Gasteiger partial charge is 0.251 e. The van der Waals surface area contributed by atoms with Gasteiger partial charge < -0.3 is 9.84 Å². The van der Waals surface area contributed by atoms with Crippen molar-refractivity contribution in [3.05, 3.63) is 70.6 Å². The summed E-state index contributed by atoms with van der Waals surface area (Å²) in [4.78, 5) is 16.6. The summed E-state index contributed by atoms with van der Waals surface area (Å²) in [5, 5.41) is 7.36. The second-order valence-corrected chi connectivity index (χ2v) is 7.47. The van der Waals surface area contributed by atoms with Gasteiger partial charge in [0, 0.05) is 16.1 Å². The molecule has 0 aliphatic rings. The maximum Gasteiger partial charge on any atom is 0.251 e. The molecule has 0 aliphatic heterocycles. The van der Waals surface area contributed by atoms with Crippen molar-refractivity contribution >= 4 is 17.5 Å². The van der Waals surface area contributed by atoms with Gasteiger partial charge in [-0.25, -0.2) is 0 Å². The highest BCUT2D eigenvalue weighted by Crippen LogP contribution is 2.22. The molecule has 1 amide bonds. The largest absolute Gasteiger partial charge is 0.343 e. The van der Waals surface area contributed by atoms with E-state index in [9.17, 15) is 4.79 Å². The van der Waals surface area contributed by atoms with Gasteiger partial charge in [0.25, 0.3) is 5.91 Å². The molecule has 3 rings (SSSR count). The van der Waals surface area contributed by atoms with Gasteiger partial charge in [-0.05, 0) is 47.4 Å². The van der Waals surface area contributed by atoms with Gasteiger partial charge in [-0.1, -0.05) is 49.7 Å². The first-order valence-electron chi connectivity index (χ1n) is 8.30. The van der Waals surface area contributed by atoms with Gasteiger partial charge in [0.15, 0.2) is 0 Å². The van der Waals surface area contributed by atoms with Crippen molar-refractivity contribution in [1.29, 1.82) is 0 Å². The van der Waals surface area contributed by atoms with Crippen molar-refractivity contribution in [2.75, 3.05) is 0 Å². The fourth-order valence-corrected chi connectivity index (χ4v) is 2.55.